The van der Waals surface area contributed by atoms with Gasteiger partial charge < -0.3 is 14.7 Å². The highest BCUT2D eigenvalue weighted by Gasteiger charge is 2.05. The van der Waals surface area contributed by atoms with Gasteiger partial charge in [0.2, 0.25) is 0 Å². The second kappa shape index (κ2) is 6.91. The van der Waals surface area contributed by atoms with Crippen molar-refractivity contribution in [1.29, 1.82) is 0 Å². The van der Waals surface area contributed by atoms with Crippen LogP contribution in [0.1, 0.15) is 18.9 Å². The maximum Gasteiger partial charge on any atom is 0.307 e. The van der Waals surface area contributed by atoms with Gasteiger partial charge in [0.05, 0.1) is 13.0 Å². The third kappa shape index (κ3) is 5.36. The maximum absolute atomic E-state index is 11.2. The van der Waals surface area contributed by atoms with Gasteiger partial charge in [0.25, 0.3) is 0 Å². The molecule has 0 aromatic heterocycles. The fraction of sp³-hybridized carbons (Fsp3) is 0.462. The van der Waals surface area contributed by atoms with E-state index in [1.165, 1.54) is 0 Å². The number of aromatic hydroxyl groups is 1. The molecule has 0 aliphatic carbocycles. The molecule has 0 atom stereocenters. The summed E-state index contributed by atoms with van der Waals surface area (Å²) in [5, 5.41) is 9.32. The van der Waals surface area contributed by atoms with Crippen molar-refractivity contribution in [2.75, 3.05) is 20.2 Å². The Balaban J connectivity index is 2.34. The van der Waals surface area contributed by atoms with Crippen LogP contribution in [0.5, 0.6) is 5.75 Å². The quantitative estimate of drug-likeness (QED) is 0.766. The second-order valence-electron chi connectivity index (χ2n) is 3.96. The number of nitrogens with zero attached hydrogens (tertiary/aromatic N) is 1. The van der Waals surface area contributed by atoms with Crippen LogP contribution in [-0.4, -0.2) is 36.2 Å². The van der Waals surface area contributed by atoms with Crippen molar-refractivity contribution in [3.63, 3.8) is 0 Å². The van der Waals surface area contributed by atoms with Crippen LogP contribution in [0, 0.1) is 0 Å². The summed E-state index contributed by atoms with van der Waals surface area (Å²) < 4.78 is 4.86. The molecule has 0 aliphatic rings. The first-order valence-electron chi connectivity index (χ1n) is 5.74. The highest BCUT2D eigenvalue weighted by molar-refractivity contribution is 5.69. The Hall–Kier alpha value is -1.55. The maximum atomic E-state index is 11.2. The molecular formula is C13H19NO3. The van der Waals surface area contributed by atoms with Crippen molar-refractivity contribution in [2.24, 2.45) is 0 Å². The summed E-state index contributed by atoms with van der Waals surface area (Å²) in [5.74, 6) is 0.0940. The first-order chi connectivity index (χ1) is 8.11. The molecule has 1 aromatic rings. The average Bonchev–Trinajstić information content (AvgIpc) is 2.27. The van der Waals surface area contributed by atoms with Crippen LogP contribution < -0.4 is 0 Å². The van der Waals surface area contributed by atoms with E-state index < -0.39 is 0 Å². The molecular weight excluding hydrogens is 218 g/mol. The summed E-state index contributed by atoms with van der Waals surface area (Å²) in [7, 11) is 1.93. The molecule has 0 saturated carbocycles. The van der Waals surface area contributed by atoms with Crippen LogP contribution in [-0.2, 0) is 16.1 Å². The summed E-state index contributed by atoms with van der Waals surface area (Å²) >= 11 is 0. The van der Waals surface area contributed by atoms with Crippen molar-refractivity contribution in [1.82, 2.24) is 4.90 Å². The smallest absolute Gasteiger partial charge is 0.307 e. The van der Waals surface area contributed by atoms with Crippen molar-refractivity contribution in [3.05, 3.63) is 29.8 Å². The number of esters is 1. The third-order valence-electron chi connectivity index (χ3n) is 2.37. The van der Waals surface area contributed by atoms with E-state index in [9.17, 15) is 9.90 Å². The van der Waals surface area contributed by atoms with E-state index in [1.54, 1.807) is 19.1 Å². The van der Waals surface area contributed by atoms with Gasteiger partial charge in [0, 0.05) is 13.1 Å². The minimum Gasteiger partial charge on any atom is -0.508 e. The van der Waals surface area contributed by atoms with E-state index in [1.807, 2.05) is 24.1 Å². The molecule has 0 bridgehead atoms. The van der Waals surface area contributed by atoms with E-state index in [2.05, 4.69) is 0 Å². The summed E-state index contributed by atoms with van der Waals surface area (Å²) in [6.07, 6.45) is 0.392. The Morgan fingerprint density at radius 2 is 2.24 bits per heavy atom. The first kappa shape index (κ1) is 13.5. The number of phenolic OH excluding ortho intramolecular Hbond substituents is 1. The van der Waals surface area contributed by atoms with Gasteiger partial charge in [-0.15, -0.1) is 0 Å². The van der Waals surface area contributed by atoms with Crippen molar-refractivity contribution >= 4 is 5.97 Å². The molecule has 0 amide bonds. The lowest BCUT2D eigenvalue weighted by Crippen LogP contribution is -2.22. The number of hydrogen-bond donors (Lipinski definition) is 1. The van der Waals surface area contributed by atoms with Gasteiger partial charge in [0.1, 0.15) is 5.75 Å². The summed E-state index contributed by atoms with van der Waals surface area (Å²) in [4.78, 5) is 13.2. The molecule has 1 aromatic carbocycles. The number of phenols is 1. The van der Waals surface area contributed by atoms with Crippen LogP contribution in [0.2, 0.25) is 0 Å². The molecule has 0 aliphatic heterocycles. The minimum absolute atomic E-state index is 0.171. The Morgan fingerprint density at radius 3 is 2.88 bits per heavy atom. The largest absolute Gasteiger partial charge is 0.508 e. The monoisotopic (exact) mass is 237 g/mol. The van der Waals surface area contributed by atoms with Gasteiger partial charge in [-0.25, -0.2) is 0 Å². The van der Waals surface area contributed by atoms with Crippen LogP contribution in [0.15, 0.2) is 24.3 Å². The van der Waals surface area contributed by atoms with Gasteiger partial charge in [-0.2, -0.15) is 0 Å². The Kier molecular flexibility index (Phi) is 5.49. The molecule has 17 heavy (non-hydrogen) atoms. The van der Waals surface area contributed by atoms with Gasteiger partial charge in [0.15, 0.2) is 0 Å². The molecule has 0 unspecified atom stereocenters. The van der Waals surface area contributed by atoms with Crippen LogP contribution in [0.25, 0.3) is 0 Å². The Bertz CT molecular complexity index is 365. The summed E-state index contributed by atoms with van der Waals surface area (Å²) in [6.45, 7) is 3.58. The highest BCUT2D eigenvalue weighted by Crippen LogP contribution is 2.12. The zero-order chi connectivity index (χ0) is 12.7. The molecule has 4 heteroatoms. The van der Waals surface area contributed by atoms with E-state index >= 15 is 0 Å². The topological polar surface area (TPSA) is 49.8 Å². The fourth-order valence-corrected chi connectivity index (χ4v) is 1.56. The van der Waals surface area contributed by atoms with E-state index in [0.29, 0.717) is 26.1 Å². The number of rotatable bonds is 6. The Labute approximate surface area is 102 Å². The minimum atomic E-state index is -0.171. The molecule has 0 heterocycles. The fourth-order valence-electron chi connectivity index (χ4n) is 1.56. The van der Waals surface area contributed by atoms with Gasteiger partial charge >= 0.3 is 5.97 Å². The first-order valence-corrected chi connectivity index (χ1v) is 5.74. The third-order valence-corrected chi connectivity index (χ3v) is 2.37. The molecule has 0 spiro atoms. The molecule has 0 fully saturated rings. The highest BCUT2D eigenvalue weighted by atomic mass is 16.5. The standard InChI is InChI=1S/C13H19NO3/c1-3-17-13(16)7-8-14(2)10-11-5-4-6-12(15)9-11/h4-6,9,15H,3,7-8,10H2,1-2H3. The number of carbonyl (C=O) groups excluding carboxylic acids is 1. The Morgan fingerprint density at radius 1 is 1.47 bits per heavy atom. The SMILES string of the molecule is CCOC(=O)CCN(C)Cc1cccc(O)c1. The molecule has 1 rings (SSSR count). The number of carbonyl (C=O) groups is 1. The van der Waals surface area contributed by atoms with E-state index in [0.717, 1.165) is 5.56 Å². The number of benzene rings is 1. The number of hydrogen-bond acceptors (Lipinski definition) is 4. The van der Waals surface area contributed by atoms with Crippen LogP contribution in [0.4, 0.5) is 0 Å². The van der Waals surface area contributed by atoms with Crippen molar-refractivity contribution in [2.45, 2.75) is 19.9 Å². The van der Waals surface area contributed by atoms with Gasteiger partial charge in [-0.05, 0) is 31.7 Å². The molecule has 1 N–H and O–H groups in total. The molecule has 0 saturated heterocycles. The van der Waals surface area contributed by atoms with Gasteiger partial charge in [-0.1, -0.05) is 12.1 Å². The van der Waals surface area contributed by atoms with E-state index in [4.69, 9.17) is 4.74 Å². The normalized spacial score (nSPS) is 10.5. The zero-order valence-corrected chi connectivity index (χ0v) is 10.3. The predicted octanol–water partition coefficient (Wildman–Crippen LogP) is 1.78. The lowest BCUT2D eigenvalue weighted by molar-refractivity contribution is -0.143. The van der Waals surface area contributed by atoms with Gasteiger partial charge in [-0.3, -0.25) is 4.79 Å². The number of ether oxygens (including phenoxy) is 1. The predicted molar refractivity (Wildman–Crippen MR) is 65.7 cm³/mol. The van der Waals surface area contributed by atoms with Crippen molar-refractivity contribution < 1.29 is 14.6 Å². The summed E-state index contributed by atoms with van der Waals surface area (Å²) in [5.41, 5.74) is 1.02. The molecule has 94 valence electrons. The average molecular weight is 237 g/mol. The van der Waals surface area contributed by atoms with E-state index in [-0.39, 0.29) is 11.7 Å². The van der Waals surface area contributed by atoms with Crippen molar-refractivity contribution in [3.8, 4) is 5.75 Å². The molecule has 4 nitrogen and oxygen atoms in total. The second-order valence-corrected chi connectivity index (χ2v) is 3.96. The van der Waals surface area contributed by atoms with Crippen LogP contribution >= 0.6 is 0 Å². The molecule has 0 radical (unpaired) electrons. The lowest BCUT2D eigenvalue weighted by atomic mass is 10.2. The summed E-state index contributed by atoms with van der Waals surface area (Å²) in [6, 6.07) is 7.12. The van der Waals surface area contributed by atoms with Crippen LogP contribution in [0.3, 0.4) is 0 Å². The zero-order valence-electron chi connectivity index (χ0n) is 10.3. The lowest BCUT2D eigenvalue weighted by Gasteiger charge is -2.16.